The Morgan fingerprint density at radius 3 is 2.21 bits per heavy atom. The van der Waals surface area contributed by atoms with Crippen LogP contribution in [0.3, 0.4) is 0 Å². The Balaban J connectivity index is 2.16. The second-order valence-electron chi connectivity index (χ2n) is 4.02. The number of nitrogens with one attached hydrogen (secondary N) is 1. The molecule has 1 aromatic carbocycles. The van der Waals surface area contributed by atoms with E-state index in [1.165, 1.54) is 31.2 Å². The highest BCUT2D eigenvalue weighted by molar-refractivity contribution is 5.94. The second kappa shape index (κ2) is 3.82. The van der Waals surface area contributed by atoms with E-state index in [2.05, 4.69) is 12.1 Å². The van der Waals surface area contributed by atoms with Crippen molar-refractivity contribution < 1.29 is 0 Å². The van der Waals surface area contributed by atoms with Crippen LogP contribution in [0.1, 0.15) is 42.7 Å². The third-order valence-electron chi connectivity index (χ3n) is 3.05. The maximum atomic E-state index is 7.29. The fourth-order valence-corrected chi connectivity index (χ4v) is 2.19. The van der Waals surface area contributed by atoms with Gasteiger partial charge in [0.25, 0.3) is 0 Å². The van der Waals surface area contributed by atoms with Crippen molar-refractivity contribution in [1.82, 2.24) is 0 Å². The lowest BCUT2D eigenvalue weighted by atomic mass is 9.97. The molecular weight excluding hydrogens is 172 g/mol. The molecule has 0 radical (unpaired) electrons. The second-order valence-corrected chi connectivity index (χ2v) is 4.02. The molecule has 0 aromatic heterocycles. The van der Waals surface area contributed by atoms with E-state index in [1.807, 2.05) is 12.1 Å². The monoisotopic (exact) mass is 188 g/mol. The molecule has 14 heavy (non-hydrogen) atoms. The number of benzene rings is 1. The lowest BCUT2D eigenvalue weighted by Crippen LogP contribution is -2.10. The van der Waals surface area contributed by atoms with E-state index in [4.69, 9.17) is 11.1 Å². The number of hydrogen-bond acceptors (Lipinski definition) is 1. The quantitative estimate of drug-likeness (QED) is 0.544. The van der Waals surface area contributed by atoms with E-state index in [0.717, 1.165) is 11.5 Å². The molecule has 1 fully saturated rings. The smallest absolute Gasteiger partial charge is 0.122 e. The van der Waals surface area contributed by atoms with Crippen LogP contribution in [0.15, 0.2) is 24.3 Å². The summed E-state index contributed by atoms with van der Waals surface area (Å²) < 4.78 is 0. The third kappa shape index (κ3) is 1.79. The molecule has 0 spiro atoms. The van der Waals surface area contributed by atoms with Crippen molar-refractivity contribution in [1.29, 1.82) is 5.41 Å². The van der Waals surface area contributed by atoms with E-state index in [9.17, 15) is 0 Å². The third-order valence-corrected chi connectivity index (χ3v) is 3.05. The molecular formula is C12H16N2. The molecule has 1 aliphatic carbocycles. The van der Waals surface area contributed by atoms with E-state index < -0.39 is 0 Å². The summed E-state index contributed by atoms with van der Waals surface area (Å²) in [5.41, 5.74) is 7.64. The SMILES string of the molecule is N=C(N)c1ccc(C2CCCC2)cc1. The van der Waals surface area contributed by atoms with Gasteiger partial charge < -0.3 is 5.73 Å². The predicted octanol–water partition coefficient (Wildman–Crippen LogP) is 2.63. The van der Waals surface area contributed by atoms with Crippen LogP contribution in [0.2, 0.25) is 0 Å². The topological polar surface area (TPSA) is 49.9 Å². The van der Waals surface area contributed by atoms with Gasteiger partial charge in [-0.25, -0.2) is 0 Å². The summed E-state index contributed by atoms with van der Waals surface area (Å²) in [4.78, 5) is 0. The van der Waals surface area contributed by atoms with Gasteiger partial charge in [0.15, 0.2) is 0 Å². The Kier molecular flexibility index (Phi) is 2.53. The normalized spacial score (nSPS) is 17.1. The highest BCUT2D eigenvalue weighted by atomic mass is 14.7. The Morgan fingerprint density at radius 1 is 1.14 bits per heavy atom. The lowest BCUT2D eigenvalue weighted by molar-refractivity contribution is 0.723. The van der Waals surface area contributed by atoms with Crippen molar-refractivity contribution in [2.24, 2.45) is 5.73 Å². The molecule has 0 heterocycles. The maximum absolute atomic E-state index is 7.29. The van der Waals surface area contributed by atoms with Gasteiger partial charge in [0.1, 0.15) is 5.84 Å². The Labute approximate surface area is 84.6 Å². The van der Waals surface area contributed by atoms with Gasteiger partial charge in [0, 0.05) is 5.56 Å². The summed E-state index contributed by atoms with van der Waals surface area (Å²) in [5, 5.41) is 7.29. The minimum absolute atomic E-state index is 0.156. The summed E-state index contributed by atoms with van der Waals surface area (Å²) in [5.74, 6) is 0.902. The van der Waals surface area contributed by atoms with Crippen molar-refractivity contribution >= 4 is 5.84 Å². The van der Waals surface area contributed by atoms with E-state index in [0.29, 0.717) is 0 Å². The van der Waals surface area contributed by atoms with Gasteiger partial charge in [-0.1, -0.05) is 37.1 Å². The van der Waals surface area contributed by atoms with Gasteiger partial charge in [-0.2, -0.15) is 0 Å². The van der Waals surface area contributed by atoms with Gasteiger partial charge in [-0.15, -0.1) is 0 Å². The average molecular weight is 188 g/mol. The summed E-state index contributed by atoms with van der Waals surface area (Å²) >= 11 is 0. The first-order chi connectivity index (χ1) is 6.77. The molecule has 0 bridgehead atoms. The molecule has 0 amide bonds. The van der Waals surface area contributed by atoms with Gasteiger partial charge in [-0.3, -0.25) is 5.41 Å². The zero-order valence-corrected chi connectivity index (χ0v) is 8.29. The van der Waals surface area contributed by atoms with Gasteiger partial charge in [0.05, 0.1) is 0 Å². The average Bonchev–Trinajstić information content (AvgIpc) is 2.71. The van der Waals surface area contributed by atoms with Crippen LogP contribution in [-0.4, -0.2) is 5.84 Å². The van der Waals surface area contributed by atoms with Crippen LogP contribution < -0.4 is 5.73 Å². The molecule has 2 nitrogen and oxygen atoms in total. The number of nitrogens with two attached hydrogens (primary N) is 1. The molecule has 0 atom stereocenters. The van der Waals surface area contributed by atoms with Crippen LogP contribution >= 0.6 is 0 Å². The first kappa shape index (κ1) is 9.25. The number of rotatable bonds is 2. The number of nitrogen functional groups attached to an aromatic ring is 1. The largest absolute Gasteiger partial charge is 0.384 e. The Hall–Kier alpha value is -1.31. The molecule has 3 N–H and O–H groups in total. The Morgan fingerprint density at radius 2 is 1.71 bits per heavy atom. The van der Waals surface area contributed by atoms with Crippen molar-refractivity contribution in [3.8, 4) is 0 Å². The summed E-state index contributed by atoms with van der Waals surface area (Å²) in [6, 6.07) is 8.14. The summed E-state index contributed by atoms with van der Waals surface area (Å²) in [7, 11) is 0. The lowest BCUT2D eigenvalue weighted by Gasteiger charge is -2.09. The molecule has 2 rings (SSSR count). The number of hydrogen-bond donors (Lipinski definition) is 2. The zero-order valence-electron chi connectivity index (χ0n) is 8.29. The van der Waals surface area contributed by atoms with Crippen LogP contribution in [0.25, 0.3) is 0 Å². The molecule has 1 saturated carbocycles. The van der Waals surface area contributed by atoms with Crippen molar-refractivity contribution in [2.75, 3.05) is 0 Å². The fourth-order valence-electron chi connectivity index (χ4n) is 2.19. The highest BCUT2D eigenvalue weighted by Crippen LogP contribution is 2.33. The van der Waals surface area contributed by atoms with Crippen LogP contribution in [0.4, 0.5) is 0 Å². The van der Waals surface area contributed by atoms with Crippen molar-refractivity contribution in [2.45, 2.75) is 31.6 Å². The molecule has 1 aliphatic rings. The van der Waals surface area contributed by atoms with Gasteiger partial charge >= 0.3 is 0 Å². The molecule has 0 saturated heterocycles. The summed E-state index contributed by atoms with van der Waals surface area (Å²) in [6.07, 6.45) is 5.36. The summed E-state index contributed by atoms with van der Waals surface area (Å²) in [6.45, 7) is 0. The van der Waals surface area contributed by atoms with Gasteiger partial charge in [0.2, 0.25) is 0 Å². The van der Waals surface area contributed by atoms with Crippen molar-refractivity contribution in [3.05, 3.63) is 35.4 Å². The Bertz CT molecular complexity index is 321. The molecule has 2 heteroatoms. The number of amidine groups is 1. The standard InChI is InChI=1S/C12H16N2/c13-12(14)11-7-5-10(6-8-11)9-3-1-2-4-9/h5-9H,1-4H2,(H3,13,14). The minimum Gasteiger partial charge on any atom is -0.384 e. The fraction of sp³-hybridized carbons (Fsp3) is 0.417. The highest BCUT2D eigenvalue weighted by Gasteiger charge is 2.16. The van der Waals surface area contributed by atoms with E-state index in [1.54, 1.807) is 0 Å². The van der Waals surface area contributed by atoms with Crippen LogP contribution in [-0.2, 0) is 0 Å². The molecule has 0 unspecified atom stereocenters. The maximum Gasteiger partial charge on any atom is 0.122 e. The van der Waals surface area contributed by atoms with Crippen LogP contribution in [0.5, 0.6) is 0 Å². The van der Waals surface area contributed by atoms with E-state index in [-0.39, 0.29) is 5.84 Å². The van der Waals surface area contributed by atoms with Gasteiger partial charge in [-0.05, 0) is 24.3 Å². The minimum atomic E-state index is 0.156. The van der Waals surface area contributed by atoms with E-state index >= 15 is 0 Å². The van der Waals surface area contributed by atoms with Crippen molar-refractivity contribution in [3.63, 3.8) is 0 Å². The molecule has 0 aliphatic heterocycles. The zero-order chi connectivity index (χ0) is 9.97. The van der Waals surface area contributed by atoms with Crippen LogP contribution in [0, 0.1) is 5.41 Å². The first-order valence-electron chi connectivity index (χ1n) is 5.22. The predicted molar refractivity (Wildman–Crippen MR) is 58.7 cm³/mol. The first-order valence-corrected chi connectivity index (χ1v) is 5.22. The molecule has 74 valence electrons. The molecule has 1 aromatic rings.